The summed E-state index contributed by atoms with van der Waals surface area (Å²) in [6.45, 7) is 11.9. The zero-order valence-electron chi connectivity index (χ0n) is 16.2. The first-order valence-corrected chi connectivity index (χ1v) is 9.64. The monoisotopic (exact) mass is 376 g/mol. The number of nitrogens with zero attached hydrogens (tertiary/aromatic N) is 3. The van der Waals surface area contributed by atoms with Gasteiger partial charge in [0.05, 0.1) is 16.4 Å². The Morgan fingerprint density at radius 1 is 1.23 bits per heavy atom. The molecule has 1 N–H and O–H groups in total. The number of hydrogen-bond acceptors (Lipinski definition) is 3. The molecule has 0 spiro atoms. The lowest BCUT2D eigenvalue weighted by atomic mass is 10.1. The number of likely N-dealkylation sites (N-methyl/N-ethyl adjacent to an activating group) is 1. The van der Waals surface area contributed by atoms with Crippen molar-refractivity contribution in [2.24, 2.45) is 0 Å². The molecule has 0 atom stereocenters. The number of carbonyl (C=O) groups is 1. The number of carbonyl (C=O) groups excluding carboxylic acids is 1. The van der Waals surface area contributed by atoms with Crippen LogP contribution in [-0.2, 0) is 11.2 Å². The zero-order chi connectivity index (χ0) is 19.1. The molecule has 0 aliphatic carbocycles. The van der Waals surface area contributed by atoms with E-state index >= 15 is 0 Å². The van der Waals surface area contributed by atoms with E-state index in [1.807, 2.05) is 42.8 Å². The molecule has 0 aliphatic rings. The first kappa shape index (κ1) is 20.5. The van der Waals surface area contributed by atoms with Crippen LogP contribution < -0.4 is 5.32 Å². The van der Waals surface area contributed by atoms with Gasteiger partial charge in [0.15, 0.2) is 0 Å². The predicted molar refractivity (Wildman–Crippen MR) is 107 cm³/mol. The quantitative estimate of drug-likeness (QED) is 0.728. The molecule has 5 nitrogen and oxygen atoms in total. The zero-order valence-corrected chi connectivity index (χ0v) is 16.9. The fourth-order valence-electron chi connectivity index (χ4n) is 3.12. The molecule has 0 bridgehead atoms. The van der Waals surface area contributed by atoms with Gasteiger partial charge in [-0.05, 0) is 51.1 Å². The Bertz CT molecular complexity index is 737. The number of rotatable bonds is 9. The van der Waals surface area contributed by atoms with Gasteiger partial charge >= 0.3 is 0 Å². The maximum absolute atomic E-state index is 12.2. The number of halogens is 1. The molecule has 0 saturated carbocycles. The lowest BCUT2D eigenvalue weighted by molar-refractivity contribution is -0.121. The molecule has 1 aromatic heterocycles. The van der Waals surface area contributed by atoms with Gasteiger partial charge < -0.3 is 10.2 Å². The number of aromatic nitrogens is 2. The second-order valence-corrected chi connectivity index (χ2v) is 6.80. The molecular weight excluding hydrogens is 348 g/mol. The highest BCUT2D eigenvalue weighted by atomic mass is 35.5. The van der Waals surface area contributed by atoms with Gasteiger partial charge in [0.1, 0.15) is 0 Å². The molecular formula is C20H29ClN4O. The van der Waals surface area contributed by atoms with E-state index in [0.29, 0.717) is 24.4 Å². The van der Waals surface area contributed by atoms with Crippen LogP contribution in [0.3, 0.4) is 0 Å². The number of hydrogen-bond donors (Lipinski definition) is 1. The molecule has 0 saturated heterocycles. The van der Waals surface area contributed by atoms with Crippen LogP contribution in [0.15, 0.2) is 24.3 Å². The van der Waals surface area contributed by atoms with Gasteiger partial charge in [-0.25, -0.2) is 4.68 Å². The summed E-state index contributed by atoms with van der Waals surface area (Å²) in [4.78, 5) is 14.4. The Morgan fingerprint density at radius 2 is 1.92 bits per heavy atom. The van der Waals surface area contributed by atoms with Gasteiger partial charge in [0.2, 0.25) is 5.91 Å². The average Bonchev–Trinajstić information content (AvgIpc) is 2.91. The van der Waals surface area contributed by atoms with Crippen LogP contribution in [0.5, 0.6) is 0 Å². The van der Waals surface area contributed by atoms with E-state index in [0.717, 1.165) is 42.3 Å². The Labute approximate surface area is 161 Å². The molecule has 0 radical (unpaired) electrons. The van der Waals surface area contributed by atoms with Gasteiger partial charge in [-0.1, -0.05) is 37.6 Å². The summed E-state index contributed by atoms with van der Waals surface area (Å²) in [5.74, 6) is 0.0847. The van der Waals surface area contributed by atoms with Crippen molar-refractivity contribution in [2.75, 3.05) is 26.2 Å². The van der Waals surface area contributed by atoms with Crippen molar-refractivity contribution in [3.63, 3.8) is 0 Å². The highest BCUT2D eigenvalue weighted by Gasteiger charge is 2.15. The molecule has 1 aromatic carbocycles. The fraction of sp³-hybridized carbons (Fsp3) is 0.500. The number of benzene rings is 1. The average molecular weight is 377 g/mol. The van der Waals surface area contributed by atoms with Crippen LogP contribution in [-0.4, -0.2) is 46.8 Å². The lowest BCUT2D eigenvalue weighted by Crippen LogP contribution is -2.34. The minimum absolute atomic E-state index is 0.0847. The number of para-hydroxylation sites is 1. The van der Waals surface area contributed by atoms with Crippen molar-refractivity contribution >= 4 is 17.5 Å². The van der Waals surface area contributed by atoms with E-state index in [1.165, 1.54) is 0 Å². The first-order chi connectivity index (χ1) is 12.5. The molecule has 1 heterocycles. The van der Waals surface area contributed by atoms with E-state index in [9.17, 15) is 4.79 Å². The first-order valence-electron chi connectivity index (χ1n) is 9.26. The molecule has 6 heteroatoms. The minimum atomic E-state index is 0.0847. The molecule has 142 valence electrons. The fourth-order valence-corrected chi connectivity index (χ4v) is 3.33. The van der Waals surface area contributed by atoms with Gasteiger partial charge in [-0.2, -0.15) is 5.10 Å². The summed E-state index contributed by atoms with van der Waals surface area (Å²) in [5, 5.41) is 8.30. The van der Waals surface area contributed by atoms with Crippen LogP contribution in [0.1, 0.15) is 37.2 Å². The highest BCUT2D eigenvalue weighted by Crippen LogP contribution is 2.24. The van der Waals surface area contributed by atoms with E-state index in [2.05, 4.69) is 29.2 Å². The standard InChI is InChI=1S/C20H29ClN4O/c1-5-24(6-2)14-13-22-20(26)12-11-17-15(3)23-25(16(17)4)19-10-8-7-9-18(19)21/h7-10H,5-6,11-14H2,1-4H3,(H,22,26). The van der Waals surface area contributed by atoms with Crippen molar-refractivity contribution < 1.29 is 4.79 Å². The summed E-state index contributed by atoms with van der Waals surface area (Å²) in [6, 6.07) is 7.66. The number of nitrogens with one attached hydrogen (secondary N) is 1. The molecule has 2 aromatic rings. The third-order valence-electron chi connectivity index (χ3n) is 4.77. The Kier molecular flexibility index (Phi) is 7.66. The van der Waals surface area contributed by atoms with Crippen LogP contribution in [0.2, 0.25) is 5.02 Å². The maximum atomic E-state index is 12.2. The summed E-state index contributed by atoms with van der Waals surface area (Å²) in [6.07, 6.45) is 1.15. The minimum Gasteiger partial charge on any atom is -0.355 e. The number of aryl methyl sites for hydroxylation is 1. The molecule has 26 heavy (non-hydrogen) atoms. The molecule has 1 amide bonds. The van der Waals surface area contributed by atoms with Crippen molar-refractivity contribution in [2.45, 2.75) is 40.5 Å². The second-order valence-electron chi connectivity index (χ2n) is 6.39. The van der Waals surface area contributed by atoms with E-state index in [-0.39, 0.29) is 5.91 Å². The van der Waals surface area contributed by atoms with E-state index < -0.39 is 0 Å². The molecule has 2 rings (SSSR count). The summed E-state index contributed by atoms with van der Waals surface area (Å²) in [7, 11) is 0. The topological polar surface area (TPSA) is 50.2 Å². The predicted octanol–water partition coefficient (Wildman–Crippen LogP) is 3.53. The van der Waals surface area contributed by atoms with Crippen LogP contribution in [0, 0.1) is 13.8 Å². The summed E-state index contributed by atoms with van der Waals surface area (Å²) in [5.41, 5.74) is 3.96. The third kappa shape index (κ3) is 5.08. The van der Waals surface area contributed by atoms with E-state index in [1.54, 1.807) is 0 Å². The van der Waals surface area contributed by atoms with Gasteiger partial charge in [0.25, 0.3) is 0 Å². The van der Waals surface area contributed by atoms with Crippen LogP contribution >= 0.6 is 11.6 Å². The van der Waals surface area contributed by atoms with Crippen molar-refractivity contribution in [3.8, 4) is 5.69 Å². The van der Waals surface area contributed by atoms with Crippen molar-refractivity contribution in [3.05, 3.63) is 46.2 Å². The maximum Gasteiger partial charge on any atom is 0.220 e. The van der Waals surface area contributed by atoms with Crippen molar-refractivity contribution in [1.29, 1.82) is 0 Å². The van der Waals surface area contributed by atoms with Gasteiger partial charge in [-0.3, -0.25) is 4.79 Å². The van der Waals surface area contributed by atoms with E-state index in [4.69, 9.17) is 11.6 Å². The van der Waals surface area contributed by atoms with Crippen molar-refractivity contribution in [1.82, 2.24) is 20.0 Å². The Hall–Kier alpha value is -1.85. The molecule has 0 unspecified atom stereocenters. The smallest absolute Gasteiger partial charge is 0.220 e. The molecule has 0 aliphatic heterocycles. The largest absolute Gasteiger partial charge is 0.355 e. The lowest BCUT2D eigenvalue weighted by Gasteiger charge is -2.17. The third-order valence-corrected chi connectivity index (χ3v) is 5.09. The summed E-state index contributed by atoms with van der Waals surface area (Å²) < 4.78 is 1.87. The highest BCUT2D eigenvalue weighted by molar-refractivity contribution is 6.32. The number of amides is 1. The normalized spacial score (nSPS) is 11.2. The second kappa shape index (κ2) is 9.74. The van der Waals surface area contributed by atoms with Gasteiger partial charge in [-0.15, -0.1) is 0 Å². The van der Waals surface area contributed by atoms with Gasteiger partial charge in [0, 0.05) is 25.2 Å². The van der Waals surface area contributed by atoms with Crippen LogP contribution in [0.25, 0.3) is 5.69 Å². The Morgan fingerprint density at radius 3 is 2.58 bits per heavy atom. The summed E-state index contributed by atoms with van der Waals surface area (Å²) >= 11 is 6.30. The SMILES string of the molecule is CCN(CC)CCNC(=O)CCc1c(C)nn(-c2ccccc2Cl)c1C. The van der Waals surface area contributed by atoms with Crippen LogP contribution in [0.4, 0.5) is 0 Å². The molecule has 0 fully saturated rings. The Balaban J connectivity index is 1.96.